The zero-order valence-corrected chi connectivity index (χ0v) is 15.8. The first-order valence-corrected chi connectivity index (χ1v) is 9.19. The summed E-state index contributed by atoms with van der Waals surface area (Å²) in [7, 11) is 0. The van der Waals surface area contributed by atoms with Gasteiger partial charge in [0.25, 0.3) is 0 Å². The zero-order chi connectivity index (χ0) is 19.1. The first-order chi connectivity index (χ1) is 13.1. The van der Waals surface area contributed by atoms with E-state index < -0.39 is 0 Å². The Balaban J connectivity index is 1.61. The van der Waals surface area contributed by atoms with Crippen LogP contribution in [0, 0.1) is 0 Å². The summed E-state index contributed by atoms with van der Waals surface area (Å²) in [5, 5.41) is 9.57. The lowest BCUT2D eigenvalue weighted by Gasteiger charge is -2.15. The summed E-state index contributed by atoms with van der Waals surface area (Å²) in [4.78, 5) is 12.2. The van der Waals surface area contributed by atoms with Crippen LogP contribution in [0.15, 0.2) is 78.9 Å². The Bertz CT molecular complexity index is 885. The van der Waals surface area contributed by atoms with Gasteiger partial charge in [-0.3, -0.25) is 0 Å². The minimum Gasteiger partial charge on any atom is -0.308 e. The second-order valence-corrected chi connectivity index (χ2v) is 6.68. The quantitative estimate of drug-likeness (QED) is 0.504. The summed E-state index contributed by atoms with van der Waals surface area (Å²) < 4.78 is 0. The number of anilines is 2. The molecule has 3 aromatic carbocycles. The lowest BCUT2D eigenvalue weighted by molar-refractivity contribution is 0.262. The van der Waals surface area contributed by atoms with Crippen LogP contribution in [0.25, 0.3) is 0 Å². The Kier molecular flexibility index (Phi) is 6.47. The molecule has 1 atom stereocenters. The standard InChI is InChI=1S/C22H22ClN3O/c1-16(18-8-4-2-5-9-18)24-15-17-12-13-20(23)21(14-17)26-22(27)25-19-10-6-3-7-11-19/h2-14,16,24H,15H2,1H3,(H2,25,26,27)/t16-/m1/s1. The van der Waals surface area contributed by atoms with Crippen molar-refractivity contribution >= 4 is 29.0 Å². The van der Waals surface area contributed by atoms with Crippen LogP contribution in [0.2, 0.25) is 5.02 Å². The van der Waals surface area contributed by atoms with Gasteiger partial charge in [0.05, 0.1) is 10.7 Å². The number of rotatable bonds is 6. The van der Waals surface area contributed by atoms with E-state index in [2.05, 4.69) is 35.0 Å². The van der Waals surface area contributed by atoms with Crippen LogP contribution in [0.5, 0.6) is 0 Å². The largest absolute Gasteiger partial charge is 0.323 e. The first-order valence-electron chi connectivity index (χ1n) is 8.81. The molecule has 27 heavy (non-hydrogen) atoms. The van der Waals surface area contributed by atoms with Gasteiger partial charge in [0.2, 0.25) is 0 Å². The van der Waals surface area contributed by atoms with Crippen LogP contribution >= 0.6 is 11.6 Å². The second-order valence-electron chi connectivity index (χ2n) is 6.27. The molecule has 3 aromatic rings. The molecule has 0 spiro atoms. The van der Waals surface area contributed by atoms with Gasteiger partial charge < -0.3 is 16.0 Å². The van der Waals surface area contributed by atoms with Crippen molar-refractivity contribution in [3.63, 3.8) is 0 Å². The Labute approximate surface area is 164 Å². The fourth-order valence-corrected chi connectivity index (χ4v) is 2.88. The zero-order valence-electron chi connectivity index (χ0n) is 15.1. The monoisotopic (exact) mass is 379 g/mol. The van der Waals surface area contributed by atoms with Crippen LogP contribution in [-0.2, 0) is 6.54 Å². The smallest absolute Gasteiger partial charge is 0.308 e. The van der Waals surface area contributed by atoms with Crippen LogP contribution in [-0.4, -0.2) is 6.03 Å². The van der Waals surface area contributed by atoms with Gasteiger partial charge in [0.1, 0.15) is 0 Å². The van der Waals surface area contributed by atoms with Gasteiger partial charge in [-0.1, -0.05) is 66.2 Å². The highest BCUT2D eigenvalue weighted by Gasteiger charge is 2.09. The maximum Gasteiger partial charge on any atom is 0.323 e. The lowest BCUT2D eigenvalue weighted by atomic mass is 10.1. The molecule has 0 radical (unpaired) electrons. The molecule has 2 amide bonds. The van der Waals surface area contributed by atoms with Gasteiger partial charge in [-0.05, 0) is 42.3 Å². The number of benzene rings is 3. The summed E-state index contributed by atoms with van der Waals surface area (Å²) in [5.74, 6) is 0. The van der Waals surface area contributed by atoms with E-state index in [9.17, 15) is 4.79 Å². The summed E-state index contributed by atoms with van der Waals surface area (Å²) in [6, 6.07) is 25.1. The summed E-state index contributed by atoms with van der Waals surface area (Å²) in [6.07, 6.45) is 0. The van der Waals surface area contributed by atoms with Gasteiger partial charge in [-0.15, -0.1) is 0 Å². The minimum absolute atomic E-state index is 0.222. The Morgan fingerprint density at radius 1 is 0.926 bits per heavy atom. The molecule has 0 heterocycles. The first kappa shape index (κ1) is 19.0. The maximum atomic E-state index is 12.2. The number of hydrogen-bond acceptors (Lipinski definition) is 2. The van der Waals surface area contributed by atoms with E-state index in [1.807, 2.05) is 60.7 Å². The number of amides is 2. The summed E-state index contributed by atoms with van der Waals surface area (Å²) >= 11 is 6.24. The van der Waals surface area contributed by atoms with Gasteiger partial charge in [-0.2, -0.15) is 0 Å². The van der Waals surface area contributed by atoms with E-state index in [0.717, 1.165) is 11.3 Å². The molecule has 0 aliphatic rings. The number of hydrogen-bond donors (Lipinski definition) is 3. The van der Waals surface area contributed by atoms with Gasteiger partial charge in [0.15, 0.2) is 0 Å². The minimum atomic E-state index is -0.328. The number of para-hydroxylation sites is 1. The van der Waals surface area contributed by atoms with E-state index in [1.165, 1.54) is 5.56 Å². The van der Waals surface area contributed by atoms with Crippen molar-refractivity contribution in [2.75, 3.05) is 10.6 Å². The van der Waals surface area contributed by atoms with E-state index in [-0.39, 0.29) is 12.1 Å². The van der Waals surface area contributed by atoms with Crippen molar-refractivity contribution in [3.8, 4) is 0 Å². The predicted molar refractivity (Wildman–Crippen MR) is 112 cm³/mol. The SMILES string of the molecule is C[C@@H](NCc1ccc(Cl)c(NC(=O)Nc2ccccc2)c1)c1ccccc1. The van der Waals surface area contributed by atoms with E-state index >= 15 is 0 Å². The van der Waals surface area contributed by atoms with Gasteiger partial charge in [0, 0.05) is 18.3 Å². The molecule has 0 aromatic heterocycles. The molecule has 0 unspecified atom stereocenters. The fourth-order valence-electron chi connectivity index (χ4n) is 2.71. The molecule has 0 aliphatic heterocycles. The van der Waals surface area contributed by atoms with Crippen molar-refractivity contribution in [2.45, 2.75) is 19.5 Å². The number of carbonyl (C=O) groups is 1. The van der Waals surface area contributed by atoms with Crippen LogP contribution in [0.4, 0.5) is 16.2 Å². The van der Waals surface area contributed by atoms with Gasteiger partial charge >= 0.3 is 6.03 Å². The fraction of sp³-hybridized carbons (Fsp3) is 0.136. The van der Waals surface area contributed by atoms with Crippen molar-refractivity contribution < 1.29 is 4.79 Å². The normalized spacial score (nSPS) is 11.6. The van der Waals surface area contributed by atoms with E-state index in [1.54, 1.807) is 6.07 Å². The van der Waals surface area contributed by atoms with Crippen molar-refractivity contribution in [3.05, 3.63) is 95.0 Å². The second kappa shape index (κ2) is 9.21. The third-order valence-corrected chi connectivity index (χ3v) is 4.55. The van der Waals surface area contributed by atoms with Crippen LogP contribution in [0.1, 0.15) is 24.1 Å². The number of nitrogens with one attached hydrogen (secondary N) is 3. The van der Waals surface area contributed by atoms with E-state index in [0.29, 0.717) is 17.3 Å². The predicted octanol–water partition coefficient (Wildman–Crippen LogP) is 5.83. The number of urea groups is 1. The molecule has 0 fully saturated rings. The number of halogens is 1. The molecule has 3 rings (SSSR count). The molecule has 5 heteroatoms. The summed E-state index contributed by atoms with van der Waals surface area (Å²) in [6.45, 7) is 2.79. The highest BCUT2D eigenvalue weighted by atomic mass is 35.5. The van der Waals surface area contributed by atoms with Crippen molar-refractivity contribution in [2.24, 2.45) is 0 Å². The lowest BCUT2D eigenvalue weighted by Crippen LogP contribution is -2.20. The van der Waals surface area contributed by atoms with E-state index in [4.69, 9.17) is 11.6 Å². The Morgan fingerprint density at radius 2 is 1.59 bits per heavy atom. The molecule has 4 nitrogen and oxygen atoms in total. The average molecular weight is 380 g/mol. The molecule has 0 saturated carbocycles. The van der Waals surface area contributed by atoms with Crippen molar-refractivity contribution in [1.82, 2.24) is 5.32 Å². The molecule has 0 aliphatic carbocycles. The molecule has 138 valence electrons. The maximum absolute atomic E-state index is 12.2. The van der Waals surface area contributed by atoms with Crippen LogP contribution < -0.4 is 16.0 Å². The van der Waals surface area contributed by atoms with Gasteiger partial charge in [-0.25, -0.2) is 4.79 Å². The summed E-state index contributed by atoms with van der Waals surface area (Å²) in [5.41, 5.74) is 3.57. The highest BCUT2D eigenvalue weighted by molar-refractivity contribution is 6.33. The molecule has 0 saturated heterocycles. The number of carbonyl (C=O) groups excluding carboxylic acids is 1. The third kappa shape index (κ3) is 5.58. The molecule has 3 N–H and O–H groups in total. The van der Waals surface area contributed by atoms with Crippen LogP contribution in [0.3, 0.4) is 0 Å². The molecular formula is C22H22ClN3O. The third-order valence-electron chi connectivity index (χ3n) is 4.22. The molecule has 0 bridgehead atoms. The highest BCUT2D eigenvalue weighted by Crippen LogP contribution is 2.24. The molecular weight excluding hydrogens is 358 g/mol. The topological polar surface area (TPSA) is 53.2 Å². The average Bonchev–Trinajstić information content (AvgIpc) is 2.69. The Hall–Kier alpha value is -2.82. The Morgan fingerprint density at radius 3 is 2.30 bits per heavy atom. The van der Waals surface area contributed by atoms with Crippen molar-refractivity contribution in [1.29, 1.82) is 0 Å².